The van der Waals surface area contributed by atoms with E-state index in [2.05, 4.69) is 5.32 Å². The molecule has 0 aliphatic carbocycles. The van der Waals surface area contributed by atoms with Gasteiger partial charge in [0, 0.05) is 25.1 Å². The van der Waals surface area contributed by atoms with Crippen LogP contribution in [0.5, 0.6) is 0 Å². The Labute approximate surface area is 155 Å². The minimum absolute atomic E-state index is 0. The minimum atomic E-state index is -0.354. The zero-order chi connectivity index (χ0) is 17.7. The van der Waals surface area contributed by atoms with Crippen molar-refractivity contribution in [1.29, 1.82) is 5.41 Å². The molecule has 1 heterocycles. The second kappa shape index (κ2) is 9.42. The molecule has 1 aromatic carbocycles. The predicted molar refractivity (Wildman–Crippen MR) is 101 cm³/mol. The van der Waals surface area contributed by atoms with Crippen molar-refractivity contribution in [3.05, 3.63) is 35.4 Å². The van der Waals surface area contributed by atoms with Gasteiger partial charge in [0.2, 0.25) is 11.8 Å². The summed E-state index contributed by atoms with van der Waals surface area (Å²) in [5, 5.41) is 10.3. The number of hydrogen-bond donors (Lipinski definition) is 3. The molecule has 25 heavy (non-hydrogen) atoms. The summed E-state index contributed by atoms with van der Waals surface area (Å²) in [7, 11) is 0. The molecule has 0 saturated carbocycles. The van der Waals surface area contributed by atoms with E-state index >= 15 is 0 Å². The first-order chi connectivity index (χ1) is 11.4. The van der Waals surface area contributed by atoms with Crippen molar-refractivity contribution < 1.29 is 9.59 Å². The fourth-order valence-corrected chi connectivity index (χ4v) is 2.91. The van der Waals surface area contributed by atoms with Gasteiger partial charge in [0.05, 0.1) is 0 Å². The van der Waals surface area contributed by atoms with Gasteiger partial charge in [-0.3, -0.25) is 15.0 Å². The lowest BCUT2D eigenvalue weighted by molar-refractivity contribution is -0.139. The van der Waals surface area contributed by atoms with E-state index in [1.165, 1.54) is 0 Å². The first kappa shape index (κ1) is 21.0. The number of amidine groups is 1. The van der Waals surface area contributed by atoms with Crippen molar-refractivity contribution >= 4 is 30.1 Å². The van der Waals surface area contributed by atoms with E-state index < -0.39 is 0 Å². The van der Waals surface area contributed by atoms with E-state index in [1.807, 2.05) is 26.0 Å². The summed E-state index contributed by atoms with van der Waals surface area (Å²) in [6, 6.07) is 6.85. The summed E-state index contributed by atoms with van der Waals surface area (Å²) < 4.78 is 0. The number of nitrogens with two attached hydrogens (primary N) is 1. The summed E-state index contributed by atoms with van der Waals surface area (Å²) in [6.45, 7) is 5.08. The number of carbonyl (C=O) groups excluding carboxylic acids is 2. The lowest BCUT2D eigenvalue weighted by atomic mass is 10.1. The molecule has 0 spiro atoms. The molecule has 4 N–H and O–H groups in total. The summed E-state index contributed by atoms with van der Waals surface area (Å²) in [5.74, 6) is 0.283. The van der Waals surface area contributed by atoms with Crippen molar-refractivity contribution in [3.8, 4) is 0 Å². The van der Waals surface area contributed by atoms with Crippen LogP contribution in [-0.2, 0) is 16.1 Å². The van der Waals surface area contributed by atoms with Crippen LogP contribution < -0.4 is 11.1 Å². The van der Waals surface area contributed by atoms with Gasteiger partial charge in [0.15, 0.2) is 0 Å². The molecule has 0 unspecified atom stereocenters. The molecule has 1 aromatic rings. The average molecular weight is 367 g/mol. The van der Waals surface area contributed by atoms with Gasteiger partial charge >= 0.3 is 0 Å². The number of benzene rings is 1. The Hall–Kier alpha value is -2.08. The fraction of sp³-hybridized carbons (Fsp3) is 0.500. The quantitative estimate of drug-likeness (QED) is 0.530. The van der Waals surface area contributed by atoms with Crippen LogP contribution in [0, 0.1) is 11.3 Å². The molecule has 2 rings (SSSR count). The Morgan fingerprint density at radius 3 is 2.52 bits per heavy atom. The first-order valence-corrected chi connectivity index (χ1v) is 8.39. The third kappa shape index (κ3) is 5.74. The van der Waals surface area contributed by atoms with Crippen LogP contribution in [0.25, 0.3) is 0 Å². The summed E-state index contributed by atoms with van der Waals surface area (Å²) in [6.07, 6.45) is 2.07. The van der Waals surface area contributed by atoms with Gasteiger partial charge < -0.3 is 16.0 Å². The van der Waals surface area contributed by atoms with Gasteiger partial charge in [-0.25, -0.2) is 0 Å². The molecule has 0 aromatic heterocycles. The van der Waals surface area contributed by atoms with Crippen LogP contribution in [0.1, 0.15) is 44.2 Å². The molecule has 1 fully saturated rings. The topological polar surface area (TPSA) is 99.3 Å². The summed E-state index contributed by atoms with van der Waals surface area (Å²) in [5.41, 5.74) is 7.02. The SMILES string of the molecule is CC(C)CC(=O)N1CCC[C@H]1C(=O)NCc1ccc(C(=N)N)cc1.Cl. The molecule has 1 aliphatic heterocycles. The van der Waals surface area contributed by atoms with E-state index in [-0.39, 0.29) is 36.1 Å². The number of carbonyl (C=O) groups is 2. The number of nitrogens with one attached hydrogen (secondary N) is 2. The number of rotatable bonds is 6. The molecule has 6 nitrogen and oxygen atoms in total. The van der Waals surface area contributed by atoms with Crippen molar-refractivity contribution in [1.82, 2.24) is 10.2 Å². The van der Waals surface area contributed by atoms with Crippen LogP contribution in [0.3, 0.4) is 0 Å². The molecule has 1 atom stereocenters. The Bertz CT molecular complexity index is 616. The third-order valence-corrected chi connectivity index (χ3v) is 4.19. The van der Waals surface area contributed by atoms with Crippen LogP contribution >= 0.6 is 12.4 Å². The number of nitrogen functional groups attached to an aromatic ring is 1. The number of amides is 2. The minimum Gasteiger partial charge on any atom is -0.384 e. The van der Waals surface area contributed by atoms with Crippen molar-refractivity contribution in [2.24, 2.45) is 11.7 Å². The Morgan fingerprint density at radius 2 is 1.96 bits per heavy atom. The van der Waals surface area contributed by atoms with E-state index in [0.29, 0.717) is 31.0 Å². The van der Waals surface area contributed by atoms with Crippen LogP contribution in [0.15, 0.2) is 24.3 Å². The molecule has 7 heteroatoms. The lowest BCUT2D eigenvalue weighted by Gasteiger charge is -2.24. The highest BCUT2D eigenvalue weighted by atomic mass is 35.5. The smallest absolute Gasteiger partial charge is 0.243 e. The molecule has 1 saturated heterocycles. The maximum absolute atomic E-state index is 12.4. The lowest BCUT2D eigenvalue weighted by Crippen LogP contribution is -2.46. The normalized spacial score (nSPS) is 16.4. The van der Waals surface area contributed by atoms with Gasteiger partial charge in [0.1, 0.15) is 11.9 Å². The summed E-state index contributed by atoms with van der Waals surface area (Å²) in [4.78, 5) is 26.4. The highest BCUT2D eigenvalue weighted by Gasteiger charge is 2.33. The van der Waals surface area contributed by atoms with Gasteiger partial charge in [0.25, 0.3) is 0 Å². The van der Waals surface area contributed by atoms with Crippen LogP contribution in [0.4, 0.5) is 0 Å². The highest BCUT2D eigenvalue weighted by Crippen LogP contribution is 2.20. The highest BCUT2D eigenvalue weighted by molar-refractivity contribution is 5.94. The standard InChI is InChI=1S/C18H26N4O2.ClH/c1-12(2)10-16(23)22-9-3-4-15(22)18(24)21-11-13-5-7-14(8-6-13)17(19)20;/h5-8,12,15H,3-4,9-11H2,1-2H3,(H3,19,20)(H,21,24);1H/t15-;/m0./s1. The van der Waals surface area contributed by atoms with Gasteiger partial charge in [-0.1, -0.05) is 38.1 Å². The van der Waals surface area contributed by atoms with E-state index in [9.17, 15) is 9.59 Å². The third-order valence-electron chi connectivity index (χ3n) is 4.19. The summed E-state index contributed by atoms with van der Waals surface area (Å²) >= 11 is 0. The molecular weight excluding hydrogens is 340 g/mol. The monoisotopic (exact) mass is 366 g/mol. The number of halogens is 1. The van der Waals surface area contributed by atoms with Gasteiger partial charge in [-0.2, -0.15) is 0 Å². The van der Waals surface area contributed by atoms with Crippen molar-refractivity contribution in [2.75, 3.05) is 6.54 Å². The van der Waals surface area contributed by atoms with Crippen LogP contribution in [0.2, 0.25) is 0 Å². The average Bonchev–Trinajstić information content (AvgIpc) is 3.02. The van der Waals surface area contributed by atoms with Crippen LogP contribution in [-0.4, -0.2) is 35.1 Å². The van der Waals surface area contributed by atoms with E-state index in [4.69, 9.17) is 11.1 Å². The first-order valence-electron chi connectivity index (χ1n) is 8.39. The molecule has 138 valence electrons. The van der Waals surface area contributed by atoms with Crippen molar-refractivity contribution in [2.45, 2.75) is 45.7 Å². The maximum Gasteiger partial charge on any atom is 0.243 e. The second-order valence-electron chi connectivity index (χ2n) is 6.67. The molecule has 2 amide bonds. The zero-order valence-corrected chi connectivity index (χ0v) is 15.6. The Morgan fingerprint density at radius 1 is 1.32 bits per heavy atom. The van der Waals surface area contributed by atoms with Gasteiger partial charge in [-0.05, 0) is 24.3 Å². The molecule has 0 radical (unpaired) electrons. The molecule has 0 bridgehead atoms. The zero-order valence-electron chi connectivity index (χ0n) is 14.7. The van der Waals surface area contributed by atoms with Gasteiger partial charge in [-0.15, -0.1) is 12.4 Å². The number of likely N-dealkylation sites (tertiary alicyclic amines) is 1. The molecular formula is C18H27ClN4O2. The maximum atomic E-state index is 12.4. The largest absolute Gasteiger partial charge is 0.384 e. The van der Waals surface area contributed by atoms with E-state index in [1.54, 1.807) is 17.0 Å². The fourth-order valence-electron chi connectivity index (χ4n) is 2.91. The molecule has 1 aliphatic rings. The Balaban J connectivity index is 0.00000312. The predicted octanol–water partition coefficient (Wildman–Crippen LogP) is 2.05. The van der Waals surface area contributed by atoms with E-state index in [0.717, 1.165) is 18.4 Å². The number of hydrogen-bond acceptors (Lipinski definition) is 3. The number of nitrogens with zero attached hydrogens (tertiary/aromatic N) is 1. The Kier molecular flexibility index (Phi) is 7.90. The van der Waals surface area contributed by atoms with Crippen molar-refractivity contribution in [3.63, 3.8) is 0 Å². The second-order valence-corrected chi connectivity index (χ2v) is 6.67.